The zero-order chi connectivity index (χ0) is 14.1. The van der Waals surface area contributed by atoms with Crippen molar-refractivity contribution in [2.75, 3.05) is 19.7 Å². The number of carbonyl (C=O) groups excluding carboxylic acids is 1. The van der Waals surface area contributed by atoms with Gasteiger partial charge in [0.1, 0.15) is 0 Å². The van der Waals surface area contributed by atoms with Gasteiger partial charge in [-0.2, -0.15) is 0 Å². The van der Waals surface area contributed by atoms with E-state index in [9.17, 15) is 9.90 Å². The average molecular weight is 270 g/mol. The van der Waals surface area contributed by atoms with Gasteiger partial charge < -0.3 is 10.4 Å². The molecule has 0 aliphatic heterocycles. The Bertz CT molecular complexity index is 253. The summed E-state index contributed by atoms with van der Waals surface area (Å²) in [5, 5.41) is 12.2. The normalized spacial score (nSPS) is 18.5. The first kappa shape index (κ1) is 16.4. The van der Waals surface area contributed by atoms with Crippen molar-refractivity contribution in [1.82, 2.24) is 10.2 Å². The smallest absolute Gasteiger partial charge is 0.237 e. The predicted molar refractivity (Wildman–Crippen MR) is 78.0 cm³/mol. The fourth-order valence-electron chi connectivity index (χ4n) is 2.91. The molecule has 0 saturated heterocycles. The highest BCUT2D eigenvalue weighted by atomic mass is 16.3. The van der Waals surface area contributed by atoms with Gasteiger partial charge in [-0.3, -0.25) is 9.69 Å². The monoisotopic (exact) mass is 270 g/mol. The second-order valence-electron chi connectivity index (χ2n) is 5.57. The van der Waals surface area contributed by atoms with Gasteiger partial charge >= 0.3 is 0 Å². The van der Waals surface area contributed by atoms with Crippen molar-refractivity contribution in [2.24, 2.45) is 0 Å². The molecular formula is C15H30N2O2. The van der Waals surface area contributed by atoms with Crippen LogP contribution in [0.1, 0.15) is 58.8 Å². The molecule has 4 nitrogen and oxygen atoms in total. The molecule has 1 amide bonds. The van der Waals surface area contributed by atoms with Crippen molar-refractivity contribution in [3.8, 4) is 0 Å². The minimum atomic E-state index is -0.132. The van der Waals surface area contributed by atoms with Crippen LogP contribution in [0, 0.1) is 0 Å². The Morgan fingerprint density at radius 2 is 2.05 bits per heavy atom. The van der Waals surface area contributed by atoms with Crippen LogP contribution < -0.4 is 5.32 Å². The fraction of sp³-hybridized carbons (Fsp3) is 0.933. The molecule has 1 fully saturated rings. The van der Waals surface area contributed by atoms with Crippen LogP contribution in [0.15, 0.2) is 0 Å². The van der Waals surface area contributed by atoms with Crippen molar-refractivity contribution < 1.29 is 9.90 Å². The first-order chi connectivity index (χ1) is 9.20. The van der Waals surface area contributed by atoms with Crippen LogP contribution in [0.4, 0.5) is 0 Å². The maximum Gasteiger partial charge on any atom is 0.237 e. The fourth-order valence-corrected chi connectivity index (χ4v) is 2.91. The highest BCUT2D eigenvalue weighted by molar-refractivity contribution is 5.81. The second-order valence-corrected chi connectivity index (χ2v) is 5.57. The topological polar surface area (TPSA) is 52.6 Å². The van der Waals surface area contributed by atoms with Crippen LogP contribution in [0.5, 0.6) is 0 Å². The van der Waals surface area contributed by atoms with E-state index in [-0.39, 0.29) is 18.6 Å². The lowest BCUT2D eigenvalue weighted by Crippen LogP contribution is -2.51. The van der Waals surface area contributed by atoms with E-state index >= 15 is 0 Å². The standard InChI is InChI=1S/C15H30N2O2/c1-3-4-10-16-15(19)13(2)17(11-12-18)14-8-6-5-7-9-14/h13-14,18H,3-12H2,1-2H3,(H,16,19). The molecule has 0 aromatic heterocycles. The van der Waals surface area contributed by atoms with E-state index in [2.05, 4.69) is 17.1 Å². The third kappa shape index (κ3) is 5.49. The Kier molecular flexibility index (Phi) is 8.07. The van der Waals surface area contributed by atoms with E-state index in [1.807, 2.05) is 6.92 Å². The summed E-state index contributed by atoms with van der Waals surface area (Å²) in [6.07, 6.45) is 8.24. The Morgan fingerprint density at radius 1 is 1.37 bits per heavy atom. The number of carbonyl (C=O) groups is 1. The van der Waals surface area contributed by atoms with Crippen LogP contribution in [0.2, 0.25) is 0 Å². The number of hydrogen-bond acceptors (Lipinski definition) is 3. The van der Waals surface area contributed by atoms with Crippen molar-refractivity contribution in [1.29, 1.82) is 0 Å². The Morgan fingerprint density at radius 3 is 2.63 bits per heavy atom. The van der Waals surface area contributed by atoms with Crippen LogP contribution in [0.25, 0.3) is 0 Å². The summed E-state index contributed by atoms with van der Waals surface area (Å²) in [4.78, 5) is 14.3. The molecule has 1 saturated carbocycles. The van der Waals surface area contributed by atoms with Crippen molar-refractivity contribution in [2.45, 2.75) is 70.9 Å². The molecule has 4 heteroatoms. The number of hydrogen-bond donors (Lipinski definition) is 2. The summed E-state index contributed by atoms with van der Waals surface area (Å²) in [6, 6.07) is 0.333. The molecule has 0 aromatic carbocycles. The highest BCUT2D eigenvalue weighted by Gasteiger charge is 2.28. The molecule has 19 heavy (non-hydrogen) atoms. The van der Waals surface area contributed by atoms with Gasteiger partial charge in [0.2, 0.25) is 5.91 Å². The second kappa shape index (κ2) is 9.32. The van der Waals surface area contributed by atoms with Gasteiger partial charge in [0, 0.05) is 19.1 Å². The number of aliphatic hydroxyl groups is 1. The Balaban J connectivity index is 2.50. The number of nitrogens with one attached hydrogen (secondary N) is 1. The third-order valence-corrected chi connectivity index (χ3v) is 4.11. The maximum atomic E-state index is 12.1. The molecule has 1 atom stereocenters. The quantitative estimate of drug-likeness (QED) is 0.663. The summed E-state index contributed by atoms with van der Waals surface area (Å²) in [5.41, 5.74) is 0. The molecule has 1 unspecified atom stereocenters. The lowest BCUT2D eigenvalue weighted by Gasteiger charge is -2.37. The molecular weight excluding hydrogens is 240 g/mol. The molecule has 2 N–H and O–H groups in total. The summed E-state index contributed by atoms with van der Waals surface area (Å²) in [5.74, 6) is 0.104. The van der Waals surface area contributed by atoms with E-state index in [0.717, 1.165) is 32.2 Å². The van der Waals surface area contributed by atoms with Crippen molar-refractivity contribution >= 4 is 5.91 Å². The summed E-state index contributed by atoms with van der Waals surface area (Å²) in [6.45, 7) is 5.58. The van der Waals surface area contributed by atoms with Gasteiger partial charge in [-0.1, -0.05) is 32.6 Å². The molecule has 0 spiro atoms. The van der Waals surface area contributed by atoms with Gasteiger partial charge in [-0.05, 0) is 26.2 Å². The highest BCUT2D eigenvalue weighted by Crippen LogP contribution is 2.24. The molecule has 1 aliphatic carbocycles. The van der Waals surface area contributed by atoms with Crippen molar-refractivity contribution in [3.63, 3.8) is 0 Å². The average Bonchev–Trinajstić information content (AvgIpc) is 2.45. The van der Waals surface area contributed by atoms with Crippen LogP contribution in [0.3, 0.4) is 0 Å². The number of unbranched alkanes of at least 4 members (excludes halogenated alkanes) is 1. The number of amides is 1. The summed E-state index contributed by atoms with van der Waals surface area (Å²) < 4.78 is 0. The lowest BCUT2D eigenvalue weighted by molar-refractivity contribution is -0.127. The first-order valence-corrected chi connectivity index (χ1v) is 7.85. The van der Waals surface area contributed by atoms with Crippen molar-refractivity contribution in [3.05, 3.63) is 0 Å². The van der Waals surface area contributed by atoms with Gasteiger partial charge in [0.15, 0.2) is 0 Å². The van der Waals surface area contributed by atoms with E-state index in [4.69, 9.17) is 0 Å². The number of aliphatic hydroxyl groups excluding tert-OH is 1. The predicted octanol–water partition coefficient (Wildman–Crippen LogP) is 1.92. The molecule has 0 radical (unpaired) electrons. The summed E-state index contributed by atoms with van der Waals surface area (Å²) >= 11 is 0. The van der Waals surface area contributed by atoms with E-state index in [0.29, 0.717) is 12.6 Å². The van der Waals surface area contributed by atoms with E-state index < -0.39 is 0 Å². The van der Waals surface area contributed by atoms with Crippen LogP contribution in [-0.2, 0) is 4.79 Å². The van der Waals surface area contributed by atoms with E-state index in [1.165, 1.54) is 19.3 Å². The summed E-state index contributed by atoms with van der Waals surface area (Å²) in [7, 11) is 0. The minimum absolute atomic E-state index is 0.104. The lowest BCUT2D eigenvalue weighted by atomic mass is 9.93. The van der Waals surface area contributed by atoms with Crippen LogP contribution in [-0.4, -0.2) is 47.7 Å². The minimum Gasteiger partial charge on any atom is -0.395 e. The van der Waals surface area contributed by atoms with Gasteiger partial charge in [0.05, 0.1) is 12.6 Å². The third-order valence-electron chi connectivity index (χ3n) is 4.11. The molecule has 0 aromatic rings. The Labute approximate surface area is 117 Å². The Hall–Kier alpha value is -0.610. The molecule has 0 heterocycles. The zero-order valence-corrected chi connectivity index (χ0v) is 12.5. The van der Waals surface area contributed by atoms with E-state index in [1.54, 1.807) is 0 Å². The largest absolute Gasteiger partial charge is 0.395 e. The SMILES string of the molecule is CCCCNC(=O)C(C)N(CCO)C1CCCCC1. The number of rotatable bonds is 8. The first-order valence-electron chi connectivity index (χ1n) is 7.85. The van der Waals surface area contributed by atoms with Gasteiger partial charge in [-0.25, -0.2) is 0 Å². The molecule has 1 rings (SSSR count). The van der Waals surface area contributed by atoms with Crippen LogP contribution >= 0.6 is 0 Å². The van der Waals surface area contributed by atoms with Gasteiger partial charge in [-0.15, -0.1) is 0 Å². The van der Waals surface area contributed by atoms with Gasteiger partial charge in [0.25, 0.3) is 0 Å². The zero-order valence-electron chi connectivity index (χ0n) is 12.5. The molecule has 1 aliphatic rings. The maximum absolute atomic E-state index is 12.1. The number of nitrogens with zero attached hydrogens (tertiary/aromatic N) is 1. The molecule has 112 valence electrons. The molecule has 0 bridgehead atoms.